The summed E-state index contributed by atoms with van der Waals surface area (Å²) in [6, 6.07) is 16.2. The van der Waals surface area contributed by atoms with Crippen molar-refractivity contribution in [1.29, 1.82) is 0 Å². The molecule has 1 N–H and O–H groups in total. The molecular formula is C21H21N3O2. The summed E-state index contributed by atoms with van der Waals surface area (Å²) in [7, 11) is 0. The van der Waals surface area contributed by atoms with Gasteiger partial charge in [0.2, 0.25) is 0 Å². The highest BCUT2D eigenvalue weighted by Gasteiger charge is 2.17. The summed E-state index contributed by atoms with van der Waals surface area (Å²) < 4.78 is 5.49. The van der Waals surface area contributed by atoms with Crippen LogP contribution in [0.2, 0.25) is 0 Å². The van der Waals surface area contributed by atoms with Crippen LogP contribution in [0.3, 0.4) is 0 Å². The first kappa shape index (κ1) is 16.5. The van der Waals surface area contributed by atoms with Crippen LogP contribution in [-0.4, -0.2) is 42.3 Å². The van der Waals surface area contributed by atoms with Crippen LogP contribution < -0.4 is 4.90 Å². The molecular weight excluding hydrogens is 326 g/mol. The second-order valence-corrected chi connectivity index (χ2v) is 6.44. The van der Waals surface area contributed by atoms with Gasteiger partial charge in [-0.15, -0.1) is 0 Å². The quantitative estimate of drug-likeness (QED) is 0.730. The molecule has 132 valence electrons. The van der Waals surface area contributed by atoms with Gasteiger partial charge in [-0.3, -0.25) is 9.89 Å². The molecule has 1 fully saturated rings. The lowest BCUT2D eigenvalue weighted by molar-refractivity contribution is 0.101. The number of nitrogens with zero attached hydrogens (tertiary/aromatic N) is 2. The smallest absolute Gasteiger partial charge is 0.159 e. The summed E-state index contributed by atoms with van der Waals surface area (Å²) in [5.41, 5.74) is 6.07. The van der Waals surface area contributed by atoms with E-state index >= 15 is 0 Å². The highest BCUT2D eigenvalue weighted by molar-refractivity contribution is 5.97. The van der Waals surface area contributed by atoms with E-state index in [1.165, 1.54) is 0 Å². The van der Waals surface area contributed by atoms with E-state index in [4.69, 9.17) is 4.74 Å². The SMILES string of the molecule is CC(=O)c1ccc(N2CCOCC2)c(-c2cccc(-c3ccn[nH]3)c2)c1. The van der Waals surface area contributed by atoms with E-state index in [0.29, 0.717) is 0 Å². The predicted molar refractivity (Wildman–Crippen MR) is 102 cm³/mol. The maximum Gasteiger partial charge on any atom is 0.159 e. The van der Waals surface area contributed by atoms with Crippen molar-refractivity contribution in [2.45, 2.75) is 6.92 Å². The van der Waals surface area contributed by atoms with Gasteiger partial charge >= 0.3 is 0 Å². The first-order valence-corrected chi connectivity index (χ1v) is 8.80. The van der Waals surface area contributed by atoms with E-state index in [2.05, 4.69) is 39.4 Å². The number of Topliss-reactive ketones (excluding diaryl/α,β-unsaturated/α-hetero) is 1. The number of carbonyl (C=O) groups is 1. The molecule has 1 aliphatic rings. The Morgan fingerprint density at radius 2 is 1.88 bits per heavy atom. The summed E-state index contributed by atoms with van der Waals surface area (Å²) in [5, 5.41) is 7.05. The van der Waals surface area contributed by atoms with Crippen LogP contribution in [0.1, 0.15) is 17.3 Å². The van der Waals surface area contributed by atoms with E-state index in [1.54, 1.807) is 13.1 Å². The summed E-state index contributed by atoms with van der Waals surface area (Å²) in [4.78, 5) is 14.2. The third kappa shape index (κ3) is 3.26. The maximum absolute atomic E-state index is 11.9. The van der Waals surface area contributed by atoms with Crippen molar-refractivity contribution in [2.75, 3.05) is 31.2 Å². The highest BCUT2D eigenvalue weighted by Crippen LogP contribution is 2.34. The minimum Gasteiger partial charge on any atom is -0.378 e. The lowest BCUT2D eigenvalue weighted by Crippen LogP contribution is -2.36. The van der Waals surface area contributed by atoms with Crippen LogP contribution in [0.4, 0.5) is 5.69 Å². The molecule has 1 aliphatic heterocycles. The normalized spacial score (nSPS) is 14.4. The van der Waals surface area contributed by atoms with E-state index in [1.807, 2.05) is 24.3 Å². The van der Waals surface area contributed by atoms with E-state index in [0.717, 1.165) is 59.9 Å². The standard InChI is InChI=1S/C21H21N3O2/c1-15(25)16-5-6-21(24-9-11-26-12-10-24)19(14-16)17-3-2-4-18(13-17)20-7-8-22-23-20/h2-8,13-14H,9-12H2,1H3,(H,22,23). The van der Waals surface area contributed by atoms with Gasteiger partial charge in [0.25, 0.3) is 0 Å². The number of anilines is 1. The fraction of sp³-hybridized carbons (Fsp3) is 0.238. The molecule has 5 heteroatoms. The van der Waals surface area contributed by atoms with Crippen LogP contribution in [0.25, 0.3) is 22.4 Å². The van der Waals surface area contributed by atoms with E-state index < -0.39 is 0 Å². The topological polar surface area (TPSA) is 58.2 Å². The summed E-state index contributed by atoms with van der Waals surface area (Å²) >= 11 is 0. The van der Waals surface area contributed by atoms with Crippen molar-refractivity contribution in [3.05, 3.63) is 60.3 Å². The second kappa shape index (κ2) is 7.14. The molecule has 0 saturated carbocycles. The zero-order valence-electron chi connectivity index (χ0n) is 14.7. The Kier molecular flexibility index (Phi) is 4.54. The Hall–Kier alpha value is -2.92. The van der Waals surface area contributed by atoms with Gasteiger partial charge in [-0.25, -0.2) is 0 Å². The molecule has 0 radical (unpaired) electrons. The van der Waals surface area contributed by atoms with Crippen LogP contribution in [-0.2, 0) is 4.74 Å². The number of rotatable bonds is 4. The fourth-order valence-electron chi connectivity index (χ4n) is 3.34. The molecule has 0 amide bonds. The lowest BCUT2D eigenvalue weighted by Gasteiger charge is -2.31. The summed E-state index contributed by atoms with van der Waals surface area (Å²) in [5.74, 6) is 0.0736. The molecule has 2 heterocycles. The van der Waals surface area contributed by atoms with Gasteiger partial charge in [-0.2, -0.15) is 5.10 Å². The van der Waals surface area contributed by atoms with Gasteiger partial charge in [0.05, 0.1) is 18.9 Å². The van der Waals surface area contributed by atoms with Gasteiger partial charge in [0.1, 0.15) is 0 Å². The number of benzene rings is 2. The minimum absolute atomic E-state index is 0.0736. The molecule has 2 aromatic carbocycles. The Bertz CT molecular complexity index is 913. The molecule has 1 saturated heterocycles. The average Bonchev–Trinajstić information content (AvgIpc) is 3.23. The molecule has 0 aliphatic carbocycles. The van der Waals surface area contributed by atoms with Crippen molar-refractivity contribution in [3.63, 3.8) is 0 Å². The van der Waals surface area contributed by atoms with Gasteiger partial charge in [-0.1, -0.05) is 18.2 Å². The zero-order chi connectivity index (χ0) is 17.9. The minimum atomic E-state index is 0.0736. The van der Waals surface area contributed by atoms with Gasteiger partial charge < -0.3 is 9.64 Å². The maximum atomic E-state index is 11.9. The molecule has 5 nitrogen and oxygen atoms in total. The number of nitrogens with one attached hydrogen (secondary N) is 1. The molecule has 0 atom stereocenters. The van der Waals surface area contributed by atoms with Gasteiger partial charge in [-0.05, 0) is 42.8 Å². The van der Waals surface area contributed by atoms with Crippen molar-refractivity contribution in [3.8, 4) is 22.4 Å². The van der Waals surface area contributed by atoms with Crippen molar-refractivity contribution >= 4 is 11.5 Å². The zero-order valence-corrected chi connectivity index (χ0v) is 14.7. The first-order valence-electron chi connectivity index (χ1n) is 8.80. The number of ether oxygens (including phenoxy) is 1. The van der Waals surface area contributed by atoms with E-state index in [-0.39, 0.29) is 5.78 Å². The number of hydrogen-bond donors (Lipinski definition) is 1. The molecule has 3 aromatic rings. The van der Waals surface area contributed by atoms with Crippen LogP contribution in [0.15, 0.2) is 54.7 Å². The third-order valence-corrected chi connectivity index (χ3v) is 4.74. The predicted octanol–water partition coefficient (Wildman–Crippen LogP) is 3.78. The fourth-order valence-corrected chi connectivity index (χ4v) is 3.34. The highest BCUT2D eigenvalue weighted by atomic mass is 16.5. The van der Waals surface area contributed by atoms with Crippen LogP contribution >= 0.6 is 0 Å². The Labute approximate surface area is 152 Å². The first-order chi connectivity index (χ1) is 12.7. The average molecular weight is 347 g/mol. The molecule has 4 rings (SSSR count). The van der Waals surface area contributed by atoms with E-state index in [9.17, 15) is 4.79 Å². The summed E-state index contributed by atoms with van der Waals surface area (Å²) in [6.07, 6.45) is 1.75. The monoisotopic (exact) mass is 347 g/mol. The molecule has 1 aromatic heterocycles. The Morgan fingerprint density at radius 1 is 1.08 bits per heavy atom. The van der Waals surface area contributed by atoms with Gasteiger partial charge in [0.15, 0.2) is 5.78 Å². The number of aromatic amines is 1. The van der Waals surface area contributed by atoms with Crippen molar-refractivity contribution in [2.24, 2.45) is 0 Å². The van der Waals surface area contributed by atoms with Crippen molar-refractivity contribution in [1.82, 2.24) is 10.2 Å². The third-order valence-electron chi connectivity index (χ3n) is 4.74. The van der Waals surface area contributed by atoms with Crippen LogP contribution in [0, 0.1) is 0 Å². The van der Waals surface area contributed by atoms with Crippen molar-refractivity contribution < 1.29 is 9.53 Å². The number of ketones is 1. The number of H-pyrrole nitrogens is 1. The second-order valence-electron chi connectivity index (χ2n) is 6.44. The largest absolute Gasteiger partial charge is 0.378 e. The van der Waals surface area contributed by atoms with Crippen LogP contribution in [0.5, 0.6) is 0 Å². The summed E-state index contributed by atoms with van der Waals surface area (Å²) in [6.45, 7) is 4.76. The number of morpholine rings is 1. The molecule has 0 bridgehead atoms. The number of carbonyl (C=O) groups excluding carboxylic acids is 1. The number of hydrogen-bond acceptors (Lipinski definition) is 4. The van der Waals surface area contributed by atoms with Gasteiger partial charge in [0, 0.05) is 41.7 Å². The number of aromatic nitrogens is 2. The Balaban J connectivity index is 1.82. The lowest BCUT2D eigenvalue weighted by atomic mass is 9.96. The molecule has 0 spiro atoms. The molecule has 26 heavy (non-hydrogen) atoms. The Morgan fingerprint density at radius 3 is 2.62 bits per heavy atom. The molecule has 0 unspecified atom stereocenters.